The summed E-state index contributed by atoms with van der Waals surface area (Å²) in [6, 6.07) is 8.92. The monoisotopic (exact) mass is 354 g/mol. The average molecular weight is 354 g/mol. The van der Waals surface area contributed by atoms with Gasteiger partial charge in [-0.05, 0) is 43.7 Å². The lowest BCUT2D eigenvalue weighted by atomic mass is 10.2. The zero-order valence-electron chi connectivity index (χ0n) is 14.6. The fraction of sp³-hybridized carbons (Fsp3) is 0.211. The van der Waals surface area contributed by atoms with Gasteiger partial charge in [0.05, 0.1) is 28.8 Å². The number of anilines is 1. The van der Waals surface area contributed by atoms with Gasteiger partial charge in [-0.3, -0.25) is 9.59 Å². The number of aromatic nitrogens is 3. The van der Waals surface area contributed by atoms with Crippen LogP contribution < -0.4 is 10.9 Å². The van der Waals surface area contributed by atoms with E-state index in [-0.39, 0.29) is 17.3 Å². The molecular weight excluding hydrogens is 335 g/mol. The fourth-order valence-electron chi connectivity index (χ4n) is 2.76. The first-order chi connectivity index (χ1) is 12.5. The van der Waals surface area contributed by atoms with E-state index in [0.29, 0.717) is 29.9 Å². The van der Waals surface area contributed by atoms with E-state index >= 15 is 0 Å². The summed E-state index contributed by atoms with van der Waals surface area (Å²) in [6.07, 6.45) is 3.68. The highest BCUT2D eigenvalue weighted by molar-refractivity contribution is 6.04. The molecular formula is C19H19FN4O2. The molecule has 3 rings (SSSR count). The SMILES string of the molecule is CCc1c(C(=O)Nc2ccc(=O)n(CC)c2)cnn1-c1ccc(F)cc1. The second-order valence-corrected chi connectivity index (χ2v) is 5.74. The van der Waals surface area contributed by atoms with Gasteiger partial charge in [-0.1, -0.05) is 6.92 Å². The highest BCUT2D eigenvalue weighted by Crippen LogP contribution is 2.18. The van der Waals surface area contributed by atoms with Crippen LogP contribution in [0.2, 0.25) is 0 Å². The van der Waals surface area contributed by atoms with Crippen molar-refractivity contribution in [2.24, 2.45) is 0 Å². The molecule has 0 aliphatic carbocycles. The Balaban J connectivity index is 1.90. The summed E-state index contributed by atoms with van der Waals surface area (Å²) in [5.41, 5.74) is 2.25. The lowest BCUT2D eigenvalue weighted by Gasteiger charge is -2.10. The largest absolute Gasteiger partial charge is 0.321 e. The first-order valence-electron chi connectivity index (χ1n) is 8.38. The summed E-state index contributed by atoms with van der Waals surface area (Å²) < 4.78 is 16.3. The second kappa shape index (κ2) is 7.35. The van der Waals surface area contributed by atoms with Crippen molar-refractivity contribution in [2.75, 3.05) is 5.32 Å². The van der Waals surface area contributed by atoms with Crippen LogP contribution in [0.3, 0.4) is 0 Å². The van der Waals surface area contributed by atoms with Gasteiger partial charge in [-0.15, -0.1) is 0 Å². The summed E-state index contributed by atoms with van der Waals surface area (Å²) >= 11 is 0. The maximum atomic E-state index is 13.1. The van der Waals surface area contributed by atoms with Gasteiger partial charge in [0, 0.05) is 18.8 Å². The lowest BCUT2D eigenvalue weighted by Crippen LogP contribution is -2.20. The molecule has 0 atom stereocenters. The van der Waals surface area contributed by atoms with Gasteiger partial charge < -0.3 is 9.88 Å². The van der Waals surface area contributed by atoms with E-state index in [1.807, 2.05) is 13.8 Å². The molecule has 0 bridgehead atoms. The Labute approximate surface area is 149 Å². The first kappa shape index (κ1) is 17.6. The Morgan fingerprint density at radius 3 is 2.54 bits per heavy atom. The zero-order valence-corrected chi connectivity index (χ0v) is 14.6. The molecule has 0 aliphatic rings. The number of carbonyl (C=O) groups excluding carboxylic acids is 1. The van der Waals surface area contributed by atoms with E-state index in [2.05, 4.69) is 10.4 Å². The minimum atomic E-state index is -0.331. The van der Waals surface area contributed by atoms with Gasteiger partial charge in [-0.25, -0.2) is 9.07 Å². The van der Waals surface area contributed by atoms with E-state index in [4.69, 9.17) is 0 Å². The van der Waals surface area contributed by atoms with Crippen LogP contribution in [-0.4, -0.2) is 20.3 Å². The quantitative estimate of drug-likeness (QED) is 0.766. The Morgan fingerprint density at radius 2 is 1.88 bits per heavy atom. The van der Waals surface area contributed by atoms with Gasteiger partial charge in [0.15, 0.2) is 0 Å². The molecule has 0 saturated heterocycles. The third-order valence-corrected chi connectivity index (χ3v) is 4.10. The molecule has 6 nitrogen and oxygen atoms in total. The van der Waals surface area contributed by atoms with E-state index in [9.17, 15) is 14.0 Å². The van der Waals surface area contributed by atoms with Crippen LogP contribution in [0, 0.1) is 5.82 Å². The Bertz CT molecular complexity index is 990. The molecule has 2 heterocycles. The normalized spacial score (nSPS) is 10.7. The molecule has 7 heteroatoms. The second-order valence-electron chi connectivity index (χ2n) is 5.74. The summed E-state index contributed by atoms with van der Waals surface area (Å²) in [5, 5.41) is 7.07. The summed E-state index contributed by atoms with van der Waals surface area (Å²) in [7, 11) is 0. The van der Waals surface area contributed by atoms with Gasteiger partial charge in [0.1, 0.15) is 5.82 Å². The number of nitrogens with one attached hydrogen (secondary N) is 1. The van der Waals surface area contributed by atoms with Crippen molar-refractivity contribution in [1.82, 2.24) is 14.3 Å². The molecule has 134 valence electrons. The molecule has 0 fully saturated rings. The molecule has 0 saturated carbocycles. The number of rotatable bonds is 5. The van der Waals surface area contributed by atoms with Crippen LogP contribution in [0.15, 0.2) is 53.6 Å². The zero-order chi connectivity index (χ0) is 18.7. The van der Waals surface area contributed by atoms with E-state index in [1.54, 1.807) is 29.1 Å². The van der Waals surface area contributed by atoms with Crippen molar-refractivity contribution in [2.45, 2.75) is 26.8 Å². The molecule has 0 aliphatic heterocycles. The molecule has 26 heavy (non-hydrogen) atoms. The number of hydrogen-bond donors (Lipinski definition) is 1. The number of aryl methyl sites for hydroxylation is 1. The van der Waals surface area contributed by atoms with Gasteiger partial charge in [0.2, 0.25) is 0 Å². The minimum Gasteiger partial charge on any atom is -0.321 e. The highest BCUT2D eigenvalue weighted by atomic mass is 19.1. The van der Waals surface area contributed by atoms with Crippen molar-refractivity contribution >= 4 is 11.6 Å². The van der Waals surface area contributed by atoms with Crippen LogP contribution in [-0.2, 0) is 13.0 Å². The number of hydrogen-bond acceptors (Lipinski definition) is 3. The molecule has 2 aromatic heterocycles. The molecule has 0 unspecified atom stereocenters. The maximum absolute atomic E-state index is 13.1. The van der Waals surface area contributed by atoms with Crippen LogP contribution in [0.1, 0.15) is 29.9 Å². The van der Waals surface area contributed by atoms with Crippen molar-refractivity contribution in [3.63, 3.8) is 0 Å². The molecule has 0 radical (unpaired) electrons. The standard InChI is InChI=1S/C19H19FN4O2/c1-3-17-16(11-21-24(17)15-8-5-13(20)6-9-15)19(26)22-14-7-10-18(25)23(4-2)12-14/h5-12H,3-4H2,1-2H3,(H,22,26). The Morgan fingerprint density at radius 1 is 1.15 bits per heavy atom. The number of halogens is 1. The molecule has 3 aromatic rings. The number of pyridine rings is 1. The smallest absolute Gasteiger partial charge is 0.259 e. The molecule has 1 amide bonds. The van der Waals surface area contributed by atoms with Crippen LogP contribution in [0.4, 0.5) is 10.1 Å². The topological polar surface area (TPSA) is 68.9 Å². The van der Waals surface area contributed by atoms with Crippen molar-refractivity contribution in [3.05, 3.63) is 76.2 Å². The highest BCUT2D eigenvalue weighted by Gasteiger charge is 2.17. The Hall–Kier alpha value is -3.22. The van der Waals surface area contributed by atoms with E-state index in [0.717, 1.165) is 5.69 Å². The molecule has 1 N–H and O–H groups in total. The number of carbonyl (C=O) groups is 1. The van der Waals surface area contributed by atoms with Crippen molar-refractivity contribution < 1.29 is 9.18 Å². The van der Waals surface area contributed by atoms with Gasteiger partial charge >= 0.3 is 0 Å². The predicted octanol–water partition coefficient (Wildman–Crippen LogP) is 3.01. The number of amides is 1. The summed E-state index contributed by atoms with van der Waals surface area (Å²) in [6.45, 7) is 4.30. The fourth-order valence-corrected chi connectivity index (χ4v) is 2.76. The van der Waals surface area contributed by atoms with E-state index < -0.39 is 0 Å². The summed E-state index contributed by atoms with van der Waals surface area (Å²) in [5.74, 6) is -0.639. The number of benzene rings is 1. The Kier molecular flexibility index (Phi) is 4.97. The third-order valence-electron chi connectivity index (χ3n) is 4.10. The van der Waals surface area contributed by atoms with Gasteiger partial charge in [-0.2, -0.15) is 5.10 Å². The van der Waals surface area contributed by atoms with Crippen LogP contribution in [0.5, 0.6) is 0 Å². The maximum Gasteiger partial charge on any atom is 0.259 e. The van der Waals surface area contributed by atoms with E-state index in [1.165, 1.54) is 29.0 Å². The van der Waals surface area contributed by atoms with Gasteiger partial charge in [0.25, 0.3) is 11.5 Å². The molecule has 0 spiro atoms. The predicted molar refractivity (Wildman–Crippen MR) is 97.2 cm³/mol. The van der Waals surface area contributed by atoms with Crippen molar-refractivity contribution in [3.8, 4) is 5.69 Å². The number of nitrogens with zero attached hydrogens (tertiary/aromatic N) is 3. The average Bonchev–Trinajstić information content (AvgIpc) is 3.08. The van der Waals surface area contributed by atoms with Crippen molar-refractivity contribution in [1.29, 1.82) is 0 Å². The minimum absolute atomic E-state index is 0.121. The van der Waals surface area contributed by atoms with Crippen LogP contribution >= 0.6 is 0 Å². The lowest BCUT2D eigenvalue weighted by molar-refractivity contribution is 0.102. The third kappa shape index (κ3) is 3.42. The summed E-state index contributed by atoms with van der Waals surface area (Å²) in [4.78, 5) is 24.3. The van der Waals surface area contributed by atoms with Crippen LogP contribution in [0.25, 0.3) is 5.69 Å². The molecule has 1 aromatic carbocycles. The first-order valence-corrected chi connectivity index (χ1v) is 8.38.